The van der Waals surface area contributed by atoms with Gasteiger partial charge in [-0.05, 0) is 19.3 Å². The predicted molar refractivity (Wildman–Crippen MR) is 62.2 cm³/mol. The molecule has 0 bridgehead atoms. The Labute approximate surface area is 118 Å². The lowest BCUT2D eigenvalue weighted by Crippen LogP contribution is -2.37. The first kappa shape index (κ1) is 14.3. The summed E-state index contributed by atoms with van der Waals surface area (Å²) in [6, 6.07) is 0. The molecule has 9 heteroatoms. The molecule has 0 N–H and O–H groups in total. The third-order valence-electron chi connectivity index (χ3n) is 3.75. The van der Waals surface area contributed by atoms with Gasteiger partial charge < -0.3 is 14.2 Å². The minimum atomic E-state index is -4.64. The van der Waals surface area contributed by atoms with Gasteiger partial charge in [-0.1, -0.05) is 5.16 Å². The summed E-state index contributed by atoms with van der Waals surface area (Å²) in [5.41, 5.74) is 0. The second-order valence-electron chi connectivity index (χ2n) is 5.23. The predicted octanol–water partition coefficient (Wildman–Crippen LogP) is 1.58. The van der Waals surface area contributed by atoms with Gasteiger partial charge in [0.2, 0.25) is 0 Å². The minimum absolute atomic E-state index is 0.00460. The zero-order valence-electron chi connectivity index (χ0n) is 11.1. The van der Waals surface area contributed by atoms with Crippen LogP contribution in [0.3, 0.4) is 0 Å². The van der Waals surface area contributed by atoms with Crippen molar-refractivity contribution in [1.29, 1.82) is 0 Å². The maximum Gasteiger partial charge on any atom is 0.471 e. The highest BCUT2D eigenvalue weighted by atomic mass is 19.4. The number of halogens is 3. The van der Waals surface area contributed by atoms with Gasteiger partial charge in [0.05, 0.1) is 0 Å². The highest BCUT2D eigenvalue weighted by Crippen LogP contribution is 2.31. The smallest absolute Gasteiger partial charge is 0.368 e. The van der Waals surface area contributed by atoms with E-state index in [0.29, 0.717) is 32.5 Å². The molecule has 1 aromatic rings. The summed E-state index contributed by atoms with van der Waals surface area (Å²) < 4.78 is 46.8. The van der Waals surface area contributed by atoms with E-state index in [1.165, 1.54) is 0 Å². The van der Waals surface area contributed by atoms with Gasteiger partial charge in [0, 0.05) is 25.6 Å². The van der Waals surface area contributed by atoms with Crippen LogP contribution in [0.5, 0.6) is 0 Å². The molecule has 0 radical (unpaired) electrons. The van der Waals surface area contributed by atoms with Crippen molar-refractivity contribution in [3.05, 3.63) is 11.7 Å². The van der Waals surface area contributed by atoms with Crippen molar-refractivity contribution in [1.82, 2.24) is 15.0 Å². The van der Waals surface area contributed by atoms with Gasteiger partial charge >= 0.3 is 12.1 Å². The van der Waals surface area contributed by atoms with Crippen LogP contribution in [0.4, 0.5) is 13.2 Å². The van der Waals surface area contributed by atoms with Crippen LogP contribution >= 0.6 is 0 Å². The van der Waals surface area contributed by atoms with Crippen molar-refractivity contribution in [3.63, 3.8) is 0 Å². The summed E-state index contributed by atoms with van der Waals surface area (Å²) in [5, 5.41) is 3.38. The van der Waals surface area contributed by atoms with Gasteiger partial charge in [-0.3, -0.25) is 4.79 Å². The molecule has 0 aliphatic carbocycles. The van der Waals surface area contributed by atoms with Crippen LogP contribution in [0, 0.1) is 0 Å². The average Bonchev–Trinajstić information content (AvgIpc) is 3.17. The fraction of sp³-hybridized carbons (Fsp3) is 0.750. The Morgan fingerprint density at radius 1 is 1.33 bits per heavy atom. The number of likely N-dealkylation sites (tertiary alicyclic amines) is 1. The Morgan fingerprint density at radius 2 is 2.14 bits per heavy atom. The minimum Gasteiger partial charge on any atom is -0.368 e. The molecular formula is C12H14F3N3O3. The molecule has 1 amide bonds. The molecule has 2 fully saturated rings. The standard InChI is InChI=1S/C12H14F3N3O3/c13-12(14,15)11-16-9(17-21-11)7-3-4-18(6-7)10(19)8-2-1-5-20-8/h7-8H,1-6H2. The number of amides is 1. The van der Waals surface area contributed by atoms with E-state index in [2.05, 4.69) is 14.7 Å². The van der Waals surface area contributed by atoms with Gasteiger partial charge in [-0.15, -0.1) is 0 Å². The molecule has 3 heterocycles. The van der Waals surface area contributed by atoms with E-state index in [1.54, 1.807) is 4.90 Å². The lowest BCUT2D eigenvalue weighted by atomic mass is 10.1. The molecule has 0 saturated carbocycles. The van der Waals surface area contributed by atoms with Crippen LogP contribution in [-0.2, 0) is 15.7 Å². The van der Waals surface area contributed by atoms with Crippen LogP contribution in [0.1, 0.15) is 36.9 Å². The quantitative estimate of drug-likeness (QED) is 0.830. The van der Waals surface area contributed by atoms with Crippen LogP contribution < -0.4 is 0 Å². The lowest BCUT2D eigenvalue weighted by molar-refractivity contribution is -0.159. The summed E-state index contributed by atoms with van der Waals surface area (Å²) >= 11 is 0. The average molecular weight is 305 g/mol. The van der Waals surface area contributed by atoms with E-state index < -0.39 is 18.2 Å². The van der Waals surface area contributed by atoms with Crippen molar-refractivity contribution < 1.29 is 27.2 Å². The fourth-order valence-electron chi connectivity index (χ4n) is 2.66. The molecule has 1 aromatic heterocycles. The third kappa shape index (κ3) is 2.87. The van der Waals surface area contributed by atoms with Crippen LogP contribution in [0.2, 0.25) is 0 Å². The van der Waals surface area contributed by atoms with Crippen LogP contribution in [0.25, 0.3) is 0 Å². The Bertz CT molecular complexity index is 525. The maximum atomic E-state index is 12.4. The first-order valence-electron chi connectivity index (χ1n) is 6.76. The topological polar surface area (TPSA) is 68.5 Å². The summed E-state index contributed by atoms with van der Waals surface area (Å²) in [7, 11) is 0. The SMILES string of the molecule is O=C(C1CCCO1)N1CCC(c2noc(C(F)(F)F)n2)C1. The number of carbonyl (C=O) groups is 1. The molecule has 2 atom stereocenters. The first-order valence-corrected chi connectivity index (χ1v) is 6.76. The lowest BCUT2D eigenvalue weighted by Gasteiger charge is -2.19. The van der Waals surface area contributed by atoms with E-state index in [1.807, 2.05) is 0 Å². The number of hydrogen-bond acceptors (Lipinski definition) is 5. The molecule has 2 aliphatic heterocycles. The molecule has 3 rings (SSSR count). The Hall–Kier alpha value is -1.64. The second-order valence-corrected chi connectivity index (χ2v) is 5.23. The van der Waals surface area contributed by atoms with E-state index >= 15 is 0 Å². The number of ether oxygens (including phenoxy) is 1. The first-order chi connectivity index (χ1) is 9.95. The van der Waals surface area contributed by atoms with Crippen molar-refractivity contribution in [3.8, 4) is 0 Å². The van der Waals surface area contributed by atoms with Gasteiger partial charge in [0.15, 0.2) is 5.82 Å². The van der Waals surface area contributed by atoms with Crippen molar-refractivity contribution in [2.45, 2.75) is 37.5 Å². The molecule has 2 saturated heterocycles. The molecule has 21 heavy (non-hydrogen) atoms. The van der Waals surface area contributed by atoms with Gasteiger partial charge in [0.25, 0.3) is 5.91 Å². The molecule has 6 nitrogen and oxygen atoms in total. The summed E-state index contributed by atoms with van der Waals surface area (Å²) in [5.74, 6) is -1.77. The number of alkyl halides is 3. The molecular weight excluding hydrogens is 291 g/mol. The van der Waals surface area contributed by atoms with Crippen molar-refractivity contribution >= 4 is 5.91 Å². The van der Waals surface area contributed by atoms with E-state index in [4.69, 9.17) is 4.74 Å². The number of nitrogens with zero attached hydrogens (tertiary/aromatic N) is 3. The zero-order chi connectivity index (χ0) is 15.0. The normalized spacial score (nSPS) is 26.5. The highest BCUT2D eigenvalue weighted by molar-refractivity contribution is 5.81. The van der Waals surface area contributed by atoms with Gasteiger partial charge in [-0.2, -0.15) is 18.2 Å². The molecule has 0 spiro atoms. The van der Waals surface area contributed by atoms with Gasteiger partial charge in [0.1, 0.15) is 6.10 Å². The fourth-order valence-corrected chi connectivity index (χ4v) is 2.66. The Kier molecular flexibility index (Phi) is 3.60. The Morgan fingerprint density at radius 3 is 2.76 bits per heavy atom. The number of hydrogen-bond donors (Lipinski definition) is 0. The van der Waals surface area contributed by atoms with E-state index in [9.17, 15) is 18.0 Å². The zero-order valence-corrected chi connectivity index (χ0v) is 11.1. The largest absolute Gasteiger partial charge is 0.471 e. The molecule has 2 unspecified atom stereocenters. The Balaban J connectivity index is 1.64. The third-order valence-corrected chi connectivity index (χ3v) is 3.75. The number of aromatic nitrogens is 2. The summed E-state index contributed by atoms with van der Waals surface area (Å²) in [6.45, 7) is 1.35. The van der Waals surface area contributed by atoms with Crippen LogP contribution in [0.15, 0.2) is 4.52 Å². The molecule has 0 aromatic carbocycles. The van der Waals surface area contributed by atoms with Crippen molar-refractivity contribution in [2.24, 2.45) is 0 Å². The van der Waals surface area contributed by atoms with Crippen molar-refractivity contribution in [2.75, 3.05) is 19.7 Å². The molecule has 2 aliphatic rings. The monoisotopic (exact) mass is 305 g/mol. The van der Waals surface area contributed by atoms with E-state index in [0.717, 1.165) is 6.42 Å². The summed E-state index contributed by atoms with van der Waals surface area (Å²) in [4.78, 5) is 17.1. The number of carbonyl (C=O) groups excluding carboxylic acids is 1. The maximum absolute atomic E-state index is 12.4. The number of rotatable bonds is 2. The second kappa shape index (κ2) is 5.28. The van der Waals surface area contributed by atoms with Crippen LogP contribution in [-0.4, -0.2) is 46.7 Å². The summed E-state index contributed by atoms with van der Waals surface area (Å²) in [6.07, 6.45) is -2.99. The highest BCUT2D eigenvalue weighted by Gasteiger charge is 2.40. The van der Waals surface area contributed by atoms with E-state index in [-0.39, 0.29) is 17.6 Å². The molecule has 116 valence electrons. The van der Waals surface area contributed by atoms with Gasteiger partial charge in [-0.25, -0.2) is 0 Å².